The number of nitro benzene ring substituents is 1. The number of aromatic amines is 1. The molecule has 0 aliphatic heterocycles. The van der Waals surface area contributed by atoms with Crippen molar-refractivity contribution in [3.05, 3.63) is 45.6 Å². The van der Waals surface area contributed by atoms with Crippen LogP contribution >= 0.6 is 0 Å². The number of nitro groups is 1. The van der Waals surface area contributed by atoms with E-state index in [1.165, 1.54) is 18.2 Å². The number of H-pyrrole nitrogens is 1. The monoisotopic (exact) mass is 247 g/mol. The molecule has 2 aromatic rings. The highest BCUT2D eigenvalue weighted by Crippen LogP contribution is 2.26. The van der Waals surface area contributed by atoms with E-state index in [9.17, 15) is 14.9 Å². The Morgan fingerprint density at radius 2 is 2.22 bits per heavy atom. The summed E-state index contributed by atoms with van der Waals surface area (Å²) < 4.78 is 0. The van der Waals surface area contributed by atoms with Crippen molar-refractivity contribution >= 4 is 11.7 Å². The van der Waals surface area contributed by atoms with Crippen LogP contribution in [0.4, 0.5) is 5.69 Å². The number of aryl methyl sites for hydroxylation is 1. The van der Waals surface area contributed by atoms with E-state index in [0.717, 1.165) is 0 Å². The Morgan fingerprint density at radius 1 is 1.50 bits per heavy atom. The highest BCUT2D eigenvalue weighted by Gasteiger charge is 2.19. The summed E-state index contributed by atoms with van der Waals surface area (Å²) in [6.45, 7) is 1.56. The van der Waals surface area contributed by atoms with E-state index in [1.807, 2.05) is 0 Å². The average Bonchev–Trinajstić information content (AvgIpc) is 2.71. The number of benzene rings is 1. The summed E-state index contributed by atoms with van der Waals surface area (Å²) in [6, 6.07) is 5.73. The van der Waals surface area contributed by atoms with E-state index in [2.05, 4.69) is 10.2 Å². The second kappa shape index (κ2) is 4.28. The van der Waals surface area contributed by atoms with Gasteiger partial charge in [-0.25, -0.2) is 4.79 Å². The predicted molar refractivity (Wildman–Crippen MR) is 62.4 cm³/mol. The van der Waals surface area contributed by atoms with Crippen molar-refractivity contribution in [1.29, 1.82) is 0 Å². The normalized spacial score (nSPS) is 10.3. The zero-order valence-electron chi connectivity index (χ0n) is 9.38. The molecule has 18 heavy (non-hydrogen) atoms. The van der Waals surface area contributed by atoms with Gasteiger partial charge in [-0.2, -0.15) is 5.10 Å². The number of hydrogen-bond acceptors (Lipinski definition) is 4. The van der Waals surface area contributed by atoms with E-state index in [4.69, 9.17) is 5.11 Å². The van der Waals surface area contributed by atoms with Crippen LogP contribution < -0.4 is 0 Å². The molecule has 7 nitrogen and oxygen atoms in total. The third-order valence-electron chi connectivity index (χ3n) is 2.51. The molecule has 0 saturated carbocycles. The molecule has 0 fully saturated rings. The van der Waals surface area contributed by atoms with Crippen LogP contribution in [-0.2, 0) is 0 Å². The Kier molecular flexibility index (Phi) is 2.80. The number of rotatable bonds is 3. The number of non-ortho nitro benzene ring substituents is 1. The van der Waals surface area contributed by atoms with E-state index in [1.54, 1.807) is 13.0 Å². The molecule has 0 bridgehead atoms. The molecule has 92 valence electrons. The summed E-state index contributed by atoms with van der Waals surface area (Å²) in [6.07, 6.45) is 0. The fourth-order valence-corrected chi connectivity index (χ4v) is 1.68. The van der Waals surface area contributed by atoms with E-state index in [-0.39, 0.29) is 16.9 Å². The minimum Gasteiger partial charge on any atom is -0.478 e. The van der Waals surface area contributed by atoms with Crippen LogP contribution in [-0.4, -0.2) is 26.2 Å². The second-order valence-electron chi connectivity index (χ2n) is 3.67. The maximum Gasteiger partial charge on any atom is 0.339 e. The van der Waals surface area contributed by atoms with E-state index < -0.39 is 10.9 Å². The Hall–Kier alpha value is -2.70. The van der Waals surface area contributed by atoms with Crippen molar-refractivity contribution < 1.29 is 14.8 Å². The molecular weight excluding hydrogens is 238 g/mol. The molecule has 0 aliphatic rings. The van der Waals surface area contributed by atoms with Crippen LogP contribution in [0.5, 0.6) is 0 Å². The van der Waals surface area contributed by atoms with Crippen LogP contribution in [0, 0.1) is 17.0 Å². The third kappa shape index (κ3) is 1.93. The molecule has 1 heterocycles. The molecule has 0 unspecified atom stereocenters. The van der Waals surface area contributed by atoms with Gasteiger partial charge in [0.2, 0.25) is 0 Å². The van der Waals surface area contributed by atoms with Gasteiger partial charge in [0, 0.05) is 17.7 Å². The smallest absolute Gasteiger partial charge is 0.339 e. The maximum absolute atomic E-state index is 11.1. The molecule has 2 N–H and O–H groups in total. The Labute approximate surface area is 101 Å². The fourth-order valence-electron chi connectivity index (χ4n) is 1.68. The van der Waals surface area contributed by atoms with Crippen molar-refractivity contribution in [3.63, 3.8) is 0 Å². The summed E-state index contributed by atoms with van der Waals surface area (Å²) in [7, 11) is 0. The molecule has 2 rings (SSSR count). The molecule has 0 atom stereocenters. The number of aromatic nitrogens is 2. The standard InChI is InChI=1S/C11H9N3O4/c1-6-9(11(15)16)10(13-12-6)7-3-2-4-8(5-7)14(17)18/h2-5H,1H3,(H,12,13)(H,15,16). The first kappa shape index (κ1) is 11.8. The zero-order valence-corrected chi connectivity index (χ0v) is 9.38. The number of nitrogens with one attached hydrogen (secondary N) is 1. The van der Waals surface area contributed by atoms with Crippen LogP contribution in [0.1, 0.15) is 16.1 Å². The number of carboxylic acid groups (broad SMARTS) is 1. The van der Waals surface area contributed by atoms with Crippen LogP contribution in [0.3, 0.4) is 0 Å². The Bertz CT molecular complexity index is 633. The summed E-state index contributed by atoms with van der Waals surface area (Å²) in [5, 5.41) is 26.2. The van der Waals surface area contributed by atoms with Gasteiger partial charge >= 0.3 is 5.97 Å². The Morgan fingerprint density at radius 3 is 2.83 bits per heavy atom. The number of carbonyl (C=O) groups is 1. The van der Waals surface area contributed by atoms with E-state index >= 15 is 0 Å². The van der Waals surface area contributed by atoms with Crippen molar-refractivity contribution in [1.82, 2.24) is 10.2 Å². The molecule has 0 amide bonds. The summed E-state index contributed by atoms with van der Waals surface area (Å²) in [4.78, 5) is 21.2. The first-order chi connectivity index (χ1) is 8.50. The predicted octanol–water partition coefficient (Wildman–Crippen LogP) is 1.99. The van der Waals surface area contributed by atoms with Gasteiger partial charge in [-0.05, 0) is 6.92 Å². The highest BCUT2D eigenvalue weighted by molar-refractivity contribution is 5.96. The summed E-state index contributed by atoms with van der Waals surface area (Å²) in [5.41, 5.74) is 0.946. The Balaban J connectivity index is 2.59. The maximum atomic E-state index is 11.1. The molecule has 1 aromatic heterocycles. The number of carboxylic acids is 1. The van der Waals surface area contributed by atoms with Gasteiger partial charge in [0.25, 0.3) is 5.69 Å². The SMILES string of the molecule is Cc1n[nH]c(-c2cccc([N+](=O)[O-])c2)c1C(=O)O. The number of hydrogen-bond donors (Lipinski definition) is 2. The lowest BCUT2D eigenvalue weighted by molar-refractivity contribution is -0.384. The first-order valence-corrected chi connectivity index (χ1v) is 5.04. The lowest BCUT2D eigenvalue weighted by Crippen LogP contribution is -1.99. The minimum atomic E-state index is -1.12. The van der Waals surface area contributed by atoms with Crippen LogP contribution in [0.2, 0.25) is 0 Å². The third-order valence-corrected chi connectivity index (χ3v) is 2.51. The summed E-state index contributed by atoms with van der Waals surface area (Å²) in [5.74, 6) is -1.12. The lowest BCUT2D eigenvalue weighted by Gasteiger charge is -2.00. The van der Waals surface area contributed by atoms with Crippen molar-refractivity contribution in [2.24, 2.45) is 0 Å². The van der Waals surface area contributed by atoms with Gasteiger partial charge in [-0.1, -0.05) is 12.1 Å². The molecule has 0 saturated heterocycles. The molecule has 0 radical (unpaired) electrons. The molecular formula is C11H9N3O4. The quantitative estimate of drug-likeness (QED) is 0.636. The van der Waals surface area contributed by atoms with Gasteiger partial charge in [0.15, 0.2) is 0 Å². The van der Waals surface area contributed by atoms with Crippen LogP contribution in [0.25, 0.3) is 11.3 Å². The van der Waals surface area contributed by atoms with Gasteiger partial charge in [-0.15, -0.1) is 0 Å². The fraction of sp³-hybridized carbons (Fsp3) is 0.0909. The zero-order chi connectivity index (χ0) is 13.3. The van der Waals surface area contributed by atoms with Crippen molar-refractivity contribution in [2.75, 3.05) is 0 Å². The van der Waals surface area contributed by atoms with Gasteiger partial charge in [0.05, 0.1) is 16.3 Å². The van der Waals surface area contributed by atoms with Crippen molar-refractivity contribution in [3.8, 4) is 11.3 Å². The lowest BCUT2D eigenvalue weighted by atomic mass is 10.1. The van der Waals surface area contributed by atoms with Gasteiger partial charge in [-0.3, -0.25) is 15.2 Å². The van der Waals surface area contributed by atoms with Gasteiger partial charge in [0.1, 0.15) is 5.56 Å². The second-order valence-corrected chi connectivity index (χ2v) is 3.67. The molecule has 0 spiro atoms. The largest absolute Gasteiger partial charge is 0.478 e. The summed E-state index contributed by atoms with van der Waals surface area (Å²) >= 11 is 0. The van der Waals surface area contributed by atoms with E-state index in [0.29, 0.717) is 11.3 Å². The topological polar surface area (TPSA) is 109 Å². The molecule has 1 aromatic carbocycles. The number of aromatic carboxylic acids is 1. The average molecular weight is 247 g/mol. The number of nitrogens with zero attached hydrogens (tertiary/aromatic N) is 2. The minimum absolute atomic E-state index is 0.0236. The van der Waals surface area contributed by atoms with Gasteiger partial charge < -0.3 is 5.11 Å². The van der Waals surface area contributed by atoms with Crippen LogP contribution in [0.15, 0.2) is 24.3 Å². The molecule has 7 heteroatoms. The van der Waals surface area contributed by atoms with Crippen molar-refractivity contribution in [2.45, 2.75) is 6.92 Å². The highest BCUT2D eigenvalue weighted by atomic mass is 16.6. The molecule has 0 aliphatic carbocycles. The first-order valence-electron chi connectivity index (χ1n) is 5.04.